The first-order valence-electron chi connectivity index (χ1n) is 8.60. The molecule has 4 rings (SSSR count). The molecule has 2 aliphatic rings. The Morgan fingerprint density at radius 3 is 2.70 bits per heavy atom. The minimum absolute atomic E-state index is 0.0615. The van der Waals surface area contributed by atoms with E-state index in [4.69, 9.17) is 9.47 Å². The van der Waals surface area contributed by atoms with Gasteiger partial charge in [0.25, 0.3) is 5.91 Å². The summed E-state index contributed by atoms with van der Waals surface area (Å²) in [6, 6.07) is 9.48. The lowest BCUT2D eigenvalue weighted by atomic mass is 9.93. The zero-order valence-corrected chi connectivity index (χ0v) is 14.9. The lowest BCUT2D eigenvalue weighted by Gasteiger charge is -2.26. The van der Waals surface area contributed by atoms with Gasteiger partial charge in [-0.05, 0) is 24.3 Å². The lowest BCUT2D eigenvalue weighted by molar-refractivity contribution is -0.119. The van der Waals surface area contributed by atoms with Crippen molar-refractivity contribution in [3.8, 4) is 11.5 Å². The van der Waals surface area contributed by atoms with Crippen molar-refractivity contribution in [3.63, 3.8) is 0 Å². The highest BCUT2D eigenvalue weighted by Crippen LogP contribution is 2.44. The van der Waals surface area contributed by atoms with Crippen molar-refractivity contribution >= 4 is 17.4 Å². The van der Waals surface area contributed by atoms with Crippen LogP contribution in [-0.4, -0.2) is 28.6 Å². The molecule has 1 atom stereocenters. The Kier molecular flexibility index (Phi) is 4.07. The number of aromatic nitrogens is 1. The van der Waals surface area contributed by atoms with Gasteiger partial charge in [0, 0.05) is 23.9 Å². The number of amides is 1. The number of rotatable bonds is 4. The molecule has 0 saturated carbocycles. The van der Waals surface area contributed by atoms with Crippen LogP contribution in [0.15, 0.2) is 53.9 Å². The number of Topliss-reactive ketones (excluding diaryl/α,β-unsaturated/α-hetero) is 1. The molecule has 1 aromatic carbocycles. The first-order valence-corrected chi connectivity index (χ1v) is 8.60. The van der Waals surface area contributed by atoms with Crippen molar-refractivity contribution in [2.75, 3.05) is 11.7 Å². The highest BCUT2D eigenvalue weighted by Gasteiger charge is 2.45. The highest BCUT2D eigenvalue weighted by molar-refractivity contribution is 6.16. The zero-order valence-electron chi connectivity index (χ0n) is 14.9. The van der Waals surface area contributed by atoms with E-state index in [0.717, 1.165) is 0 Å². The predicted molar refractivity (Wildman–Crippen MR) is 96.5 cm³/mol. The summed E-state index contributed by atoms with van der Waals surface area (Å²) in [6.07, 6.45) is 1.59. The summed E-state index contributed by atoms with van der Waals surface area (Å²) in [6.45, 7) is 3.56. The van der Waals surface area contributed by atoms with Gasteiger partial charge >= 0.3 is 0 Å². The number of hydrogen-bond acceptors (Lipinski definition) is 6. The molecule has 1 amide bonds. The number of benzene rings is 1. The number of pyridine rings is 1. The average Bonchev–Trinajstić information content (AvgIpc) is 3.24. The van der Waals surface area contributed by atoms with Crippen molar-refractivity contribution in [3.05, 3.63) is 59.6 Å². The smallest absolute Gasteiger partial charge is 0.294 e. The van der Waals surface area contributed by atoms with Gasteiger partial charge in [-0.2, -0.15) is 0 Å². The number of ketones is 1. The Hall–Kier alpha value is -3.35. The van der Waals surface area contributed by atoms with Gasteiger partial charge < -0.3 is 14.6 Å². The minimum Gasteiger partial charge on any atom is -0.503 e. The van der Waals surface area contributed by atoms with Crippen molar-refractivity contribution < 1.29 is 24.2 Å². The molecule has 0 bridgehead atoms. The van der Waals surface area contributed by atoms with E-state index in [0.29, 0.717) is 22.9 Å². The maximum absolute atomic E-state index is 12.9. The fraction of sp³-hybridized carbons (Fsp3) is 0.250. The highest BCUT2D eigenvalue weighted by atomic mass is 16.7. The molecule has 2 aromatic rings. The van der Waals surface area contributed by atoms with E-state index >= 15 is 0 Å². The number of carbonyl (C=O) groups is 2. The molecule has 1 unspecified atom stereocenters. The summed E-state index contributed by atoms with van der Waals surface area (Å²) in [7, 11) is 0. The van der Waals surface area contributed by atoms with Crippen LogP contribution >= 0.6 is 0 Å². The number of hydrogen-bond donors (Lipinski definition) is 1. The number of anilines is 1. The minimum atomic E-state index is -0.811. The number of ether oxygens (including phenoxy) is 2. The second-order valence-electron chi connectivity index (χ2n) is 6.65. The van der Waals surface area contributed by atoms with E-state index in [-0.39, 0.29) is 24.1 Å². The van der Waals surface area contributed by atoms with Gasteiger partial charge in [0.1, 0.15) is 6.04 Å². The van der Waals surface area contributed by atoms with Crippen LogP contribution in [-0.2, 0) is 9.59 Å². The standard InChI is InChI=1S/C20H18N2O5/c1-11(2)18(23)16-17(13-5-3-4-8-21-13)22(20(25)19(16)24)12-6-7-14-15(9-12)27-10-26-14/h3-9,11,17,24H,10H2,1-2H3. The van der Waals surface area contributed by atoms with Crippen molar-refractivity contribution in [2.45, 2.75) is 19.9 Å². The molecule has 2 aliphatic heterocycles. The van der Waals surface area contributed by atoms with Crippen LogP contribution in [0.2, 0.25) is 0 Å². The molecule has 7 nitrogen and oxygen atoms in total. The molecule has 0 aliphatic carbocycles. The summed E-state index contributed by atoms with van der Waals surface area (Å²) in [5, 5.41) is 10.5. The Balaban J connectivity index is 1.86. The van der Waals surface area contributed by atoms with E-state index in [2.05, 4.69) is 4.98 Å². The molecule has 1 N–H and O–H groups in total. The SMILES string of the molecule is CC(C)C(=O)C1=C(O)C(=O)N(c2ccc3c(c2)OCO3)C1c1ccccn1. The molecule has 0 fully saturated rings. The van der Waals surface area contributed by atoms with Gasteiger partial charge in [-0.25, -0.2) is 0 Å². The number of aliphatic hydroxyl groups excluding tert-OH is 1. The van der Waals surface area contributed by atoms with Crippen LogP contribution in [0, 0.1) is 5.92 Å². The fourth-order valence-corrected chi connectivity index (χ4v) is 3.29. The first-order chi connectivity index (χ1) is 13.0. The normalized spacial score (nSPS) is 18.6. The number of nitrogens with zero attached hydrogens (tertiary/aromatic N) is 2. The second-order valence-corrected chi connectivity index (χ2v) is 6.65. The van der Waals surface area contributed by atoms with Crippen LogP contribution in [0.1, 0.15) is 25.6 Å². The second kappa shape index (κ2) is 6.42. The van der Waals surface area contributed by atoms with Gasteiger partial charge in [0.05, 0.1) is 11.3 Å². The van der Waals surface area contributed by atoms with Crippen LogP contribution in [0.4, 0.5) is 5.69 Å². The molecule has 3 heterocycles. The Morgan fingerprint density at radius 1 is 1.22 bits per heavy atom. The summed E-state index contributed by atoms with van der Waals surface area (Å²) in [5.74, 6) is -0.771. The van der Waals surface area contributed by atoms with E-state index < -0.39 is 17.7 Å². The molecule has 7 heteroatoms. The quantitative estimate of drug-likeness (QED) is 0.895. The van der Waals surface area contributed by atoms with Crippen molar-refractivity contribution in [1.82, 2.24) is 4.98 Å². The van der Waals surface area contributed by atoms with Crippen LogP contribution in [0.5, 0.6) is 11.5 Å². The predicted octanol–water partition coefficient (Wildman–Crippen LogP) is 2.94. The van der Waals surface area contributed by atoms with Crippen molar-refractivity contribution in [2.24, 2.45) is 5.92 Å². The summed E-state index contributed by atoms with van der Waals surface area (Å²) in [5.41, 5.74) is 1.04. The molecule has 27 heavy (non-hydrogen) atoms. The van der Waals surface area contributed by atoms with Crippen LogP contribution in [0.25, 0.3) is 0 Å². The van der Waals surface area contributed by atoms with E-state index in [1.807, 2.05) is 0 Å². The number of carbonyl (C=O) groups excluding carboxylic acids is 2. The summed E-state index contributed by atoms with van der Waals surface area (Å²) in [4.78, 5) is 31.4. The molecule has 0 saturated heterocycles. The molecular weight excluding hydrogens is 348 g/mol. The summed E-state index contributed by atoms with van der Waals surface area (Å²) < 4.78 is 10.7. The van der Waals surface area contributed by atoms with Crippen LogP contribution < -0.4 is 14.4 Å². The van der Waals surface area contributed by atoms with Gasteiger partial charge in [0.15, 0.2) is 23.0 Å². The van der Waals surface area contributed by atoms with Gasteiger partial charge in [0.2, 0.25) is 6.79 Å². The van der Waals surface area contributed by atoms with Crippen LogP contribution in [0.3, 0.4) is 0 Å². The zero-order chi connectivity index (χ0) is 19.1. The Morgan fingerprint density at radius 2 is 2.00 bits per heavy atom. The topological polar surface area (TPSA) is 89.0 Å². The third-order valence-corrected chi connectivity index (χ3v) is 4.60. The molecule has 0 spiro atoms. The van der Waals surface area contributed by atoms with Crippen molar-refractivity contribution in [1.29, 1.82) is 0 Å². The molecule has 1 aromatic heterocycles. The average molecular weight is 366 g/mol. The lowest BCUT2D eigenvalue weighted by Crippen LogP contribution is -2.32. The number of aliphatic hydroxyl groups is 1. The van der Waals surface area contributed by atoms with E-state index in [1.54, 1.807) is 56.4 Å². The van der Waals surface area contributed by atoms with Gasteiger partial charge in [-0.1, -0.05) is 19.9 Å². The van der Waals surface area contributed by atoms with Gasteiger partial charge in [-0.3, -0.25) is 19.5 Å². The maximum atomic E-state index is 12.9. The molecular formula is C20H18N2O5. The third-order valence-electron chi connectivity index (χ3n) is 4.60. The maximum Gasteiger partial charge on any atom is 0.294 e. The fourth-order valence-electron chi connectivity index (χ4n) is 3.29. The van der Waals surface area contributed by atoms with E-state index in [9.17, 15) is 14.7 Å². The Labute approximate surface area is 155 Å². The largest absolute Gasteiger partial charge is 0.503 e. The monoisotopic (exact) mass is 366 g/mol. The number of fused-ring (bicyclic) bond motifs is 1. The summed E-state index contributed by atoms with van der Waals surface area (Å²) >= 11 is 0. The van der Waals surface area contributed by atoms with E-state index in [1.165, 1.54) is 4.90 Å². The Bertz CT molecular complexity index is 952. The van der Waals surface area contributed by atoms with Gasteiger partial charge in [-0.15, -0.1) is 0 Å². The first kappa shape index (κ1) is 17.1. The molecule has 138 valence electrons. The third kappa shape index (κ3) is 2.71. The molecule has 0 radical (unpaired) electrons.